The highest BCUT2D eigenvalue weighted by Crippen LogP contribution is 2.21. The molecule has 0 atom stereocenters. The van der Waals surface area contributed by atoms with Crippen molar-refractivity contribution in [3.63, 3.8) is 0 Å². The van der Waals surface area contributed by atoms with Crippen molar-refractivity contribution in [1.82, 2.24) is 14.9 Å². The molecule has 1 aliphatic heterocycles. The summed E-state index contributed by atoms with van der Waals surface area (Å²) < 4.78 is 26.5. The van der Waals surface area contributed by atoms with E-state index in [1.807, 2.05) is 0 Å². The molecule has 0 bridgehead atoms. The van der Waals surface area contributed by atoms with Gasteiger partial charge in [-0.15, -0.1) is 0 Å². The van der Waals surface area contributed by atoms with Gasteiger partial charge in [-0.3, -0.25) is 9.59 Å². The summed E-state index contributed by atoms with van der Waals surface area (Å²) in [7, 11) is -3.45. The maximum atomic E-state index is 12.5. The zero-order chi connectivity index (χ0) is 20.9. The number of carbonyl (C=O) groups excluding carboxylic acids is 2. The minimum absolute atomic E-state index is 0.189. The molecule has 1 aliphatic rings. The summed E-state index contributed by atoms with van der Waals surface area (Å²) >= 11 is 5.95. The molecule has 0 saturated carbocycles. The van der Waals surface area contributed by atoms with Crippen LogP contribution in [-0.4, -0.2) is 44.2 Å². The van der Waals surface area contributed by atoms with E-state index in [2.05, 4.69) is 10.6 Å². The molecule has 29 heavy (non-hydrogen) atoms. The van der Waals surface area contributed by atoms with Crippen molar-refractivity contribution >= 4 is 33.4 Å². The molecule has 2 aromatic carbocycles. The number of rotatable bonds is 7. The smallest absolute Gasteiger partial charge is 0.253 e. The molecule has 3 rings (SSSR count). The number of carbonyl (C=O) groups is 2. The monoisotopic (exact) mass is 435 g/mol. The number of nitrogens with zero attached hydrogens (tertiary/aromatic N) is 1. The topological polar surface area (TPSA) is 95.6 Å². The van der Waals surface area contributed by atoms with Gasteiger partial charge < -0.3 is 10.6 Å². The number of benzene rings is 2. The zero-order valence-corrected chi connectivity index (χ0v) is 17.3. The Hall–Kier alpha value is -2.42. The third kappa shape index (κ3) is 5.35. The Labute approximate surface area is 175 Å². The van der Waals surface area contributed by atoms with E-state index < -0.39 is 15.9 Å². The molecule has 154 valence electrons. The lowest BCUT2D eigenvalue weighted by atomic mass is 10.2. The van der Waals surface area contributed by atoms with E-state index in [1.54, 1.807) is 48.5 Å². The molecule has 7 nitrogen and oxygen atoms in total. The SMILES string of the molecule is O=C(CNC(=O)c1ccccc1Cl)NCc1ccc(S(=O)(=O)N2CCCC2)cc1. The van der Waals surface area contributed by atoms with Gasteiger partial charge in [-0.25, -0.2) is 8.42 Å². The normalized spacial score (nSPS) is 14.5. The Balaban J connectivity index is 1.49. The third-order valence-corrected chi connectivity index (χ3v) is 6.89. The van der Waals surface area contributed by atoms with Crippen LogP contribution in [0.2, 0.25) is 5.02 Å². The second-order valence-corrected chi connectivity index (χ2v) is 9.04. The molecular formula is C20H22ClN3O4S. The number of hydrogen-bond acceptors (Lipinski definition) is 4. The van der Waals surface area contributed by atoms with Crippen molar-refractivity contribution in [1.29, 1.82) is 0 Å². The Morgan fingerprint density at radius 1 is 0.966 bits per heavy atom. The second-order valence-electron chi connectivity index (χ2n) is 6.69. The first-order valence-electron chi connectivity index (χ1n) is 9.26. The summed E-state index contributed by atoms with van der Waals surface area (Å²) in [6.07, 6.45) is 1.77. The van der Waals surface area contributed by atoms with E-state index in [9.17, 15) is 18.0 Å². The van der Waals surface area contributed by atoms with Crippen molar-refractivity contribution in [3.05, 3.63) is 64.7 Å². The molecule has 1 fully saturated rings. The van der Waals surface area contributed by atoms with Gasteiger partial charge in [0, 0.05) is 19.6 Å². The van der Waals surface area contributed by atoms with E-state index in [0.717, 1.165) is 18.4 Å². The van der Waals surface area contributed by atoms with Crippen LogP contribution in [0.15, 0.2) is 53.4 Å². The highest BCUT2D eigenvalue weighted by molar-refractivity contribution is 7.89. The van der Waals surface area contributed by atoms with Gasteiger partial charge >= 0.3 is 0 Å². The van der Waals surface area contributed by atoms with Crippen LogP contribution in [0.1, 0.15) is 28.8 Å². The van der Waals surface area contributed by atoms with E-state index in [0.29, 0.717) is 23.7 Å². The molecule has 9 heteroatoms. The lowest BCUT2D eigenvalue weighted by molar-refractivity contribution is -0.120. The molecule has 0 aromatic heterocycles. The predicted molar refractivity (Wildman–Crippen MR) is 110 cm³/mol. The molecule has 1 heterocycles. The largest absolute Gasteiger partial charge is 0.350 e. The maximum absolute atomic E-state index is 12.5. The van der Waals surface area contributed by atoms with Crippen LogP contribution >= 0.6 is 11.6 Å². The van der Waals surface area contributed by atoms with Gasteiger partial charge in [0.25, 0.3) is 5.91 Å². The molecule has 2 N–H and O–H groups in total. The minimum atomic E-state index is -3.45. The molecule has 0 radical (unpaired) electrons. The predicted octanol–water partition coefficient (Wildman–Crippen LogP) is 2.17. The lowest BCUT2D eigenvalue weighted by Crippen LogP contribution is -2.36. The fraction of sp³-hybridized carbons (Fsp3) is 0.300. The lowest BCUT2D eigenvalue weighted by Gasteiger charge is -2.15. The Morgan fingerprint density at radius 2 is 1.62 bits per heavy atom. The van der Waals surface area contributed by atoms with E-state index >= 15 is 0 Å². The fourth-order valence-electron chi connectivity index (χ4n) is 3.02. The fourth-order valence-corrected chi connectivity index (χ4v) is 4.76. The van der Waals surface area contributed by atoms with Crippen molar-refractivity contribution < 1.29 is 18.0 Å². The zero-order valence-electron chi connectivity index (χ0n) is 15.7. The standard InChI is InChI=1S/C20H22ClN3O4S/c21-18-6-2-1-5-17(18)20(26)23-14-19(25)22-13-15-7-9-16(10-8-15)29(27,28)24-11-3-4-12-24/h1-2,5-10H,3-4,11-14H2,(H,22,25)(H,23,26). The number of nitrogens with one attached hydrogen (secondary N) is 2. The van der Waals surface area contributed by atoms with E-state index in [1.165, 1.54) is 4.31 Å². The first-order chi connectivity index (χ1) is 13.9. The van der Waals surface area contributed by atoms with Crippen molar-refractivity contribution in [2.45, 2.75) is 24.3 Å². The average molecular weight is 436 g/mol. The van der Waals surface area contributed by atoms with Crippen LogP contribution in [0.5, 0.6) is 0 Å². The van der Waals surface area contributed by atoms with Gasteiger partial charge in [0.15, 0.2) is 0 Å². The maximum Gasteiger partial charge on any atom is 0.253 e. The number of amides is 2. The van der Waals surface area contributed by atoms with Crippen molar-refractivity contribution in [2.75, 3.05) is 19.6 Å². The number of hydrogen-bond donors (Lipinski definition) is 2. The van der Waals surface area contributed by atoms with Crippen LogP contribution < -0.4 is 10.6 Å². The summed E-state index contributed by atoms with van der Waals surface area (Å²) in [5.41, 5.74) is 1.06. The molecule has 0 unspecified atom stereocenters. The Bertz CT molecular complexity index is 987. The highest BCUT2D eigenvalue weighted by atomic mass is 35.5. The van der Waals surface area contributed by atoms with Crippen LogP contribution in [-0.2, 0) is 21.4 Å². The van der Waals surface area contributed by atoms with Crippen LogP contribution in [0.3, 0.4) is 0 Å². The van der Waals surface area contributed by atoms with E-state index in [4.69, 9.17) is 11.6 Å². The summed E-state index contributed by atoms with van der Waals surface area (Å²) in [5.74, 6) is -0.790. The molecular weight excluding hydrogens is 414 g/mol. The van der Waals surface area contributed by atoms with Crippen LogP contribution in [0.4, 0.5) is 0 Å². The number of halogens is 1. The van der Waals surface area contributed by atoms with Crippen LogP contribution in [0, 0.1) is 0 Å². The van der Waals surface area contributed by atoms with Crippen molar-refractivity contribution in [3.8, 4) is 0 Å². The van der Waals surface area contributed by atoms with Gasteiger partial charge in [-0.05, 0) is 42.7 Å². The average Bonchev–Trinajstić information content (AvgIpc) is 3.27. The first-order valence-corrected chi connectivity index (χ1v) is 11.1. The molecule has 0 aliphatic carbocycles. The molecule has 2 amide bonds. The van der Waals surface area contributed by atoms with E-state index in [-0.39, 0.29) is 23.9 Å². The second kappa shape index (κ2) is 9.39. The minimum Gasteiger partial charge on any atom is -0.350 e. The Morgan fingerprint density at radius 3 is 2.28 bits per heavy atom. The van der Waals surface area contributed by atoms with Crippen LogP contribution in [0.25, 0.3) is 0 Å². The third-order valence-electron chi connectivity index (χ3n) is 4.64. The molecule has 1 saturated heterocycles. The number of sulfonamides is 1. The summed E-state index contributed by atoms with van der Waals surface area (Å²) in [6, 6.07) is 13.0. The summed E-state index contributed by atoms with van der Waals surface area (Å²) in [4.78, 5) is 24.3. The van der Waals surface area contributed by atoms with Gasteiger partial charge in [0.1, 0.15) is 0 Å². The Kier molecular flexibility index (Phi) is 6.89. The van der Waals surface area contributed by atoms with Gasteiger partial charge in [0.2, 0.25) is 15.9 Å². The molecule has 0 spiro atoms. The van der Waals surface area contributed by atoms with Gasteiger partial charge in [-0.1, -0.05) is 35.9 Å². The first kappa shape index (κ1) is 21.3. The summed E-state index contributed by atoms with van der Waals surface area (Å²) in [5, 5.41) is 5.52. The quantitative estimate of drug-likeness (QED) is 0.696. The molecule has 2 aromatic rings. The highest BCUT2D eigenvalue weighted by Gasteiger charge is 2.26. The van der Waals surface area contributed by atoms with Crippen molar-refractivity contribution in [2.24, 2.45) is 0 Å². The van der Waals surface area contributed by atoms with Gasteiger partial charge in [0.05, 0.1) is 22.0 Å². The summed E-state index contributed by atoms with van der Waals surface area (Å²) in [6.45, 7) is 1.15. The van der Waals surface area contributed by atoms with Gasteiger partial charge in [-0.2, -0.15) is 4.31 Å².